The molecule has 1 heterocycles. The van der Waals surface area contributed by atoms with Gasteiger partial charge in [-0.3, -0.25) is 0 Å². The second-order valence-electron chi connectivity index (χ2n) is 9.10. The molecule has 168 valence electrons. The first-order valence-corrected chi connectivity index (χ1v) is 11.9. The van der Waals surface area contributed by atoms with Crippen molar-refractivity contribution in [1.82, 2.24) is 9.56 Å². The van der Waals surface area contributed by atoms with Crippen LogP contribution in [0.1, 0.15) is 31.7 Å². The Morgan fingerprint density at radius 2 is 1.58 bits per heavy atom. The predicted octanol–water partition coefficient (Wildman–Crippen LogP) is 4.36. The largest absolute Gasteiger partial charge is 0.378 e. The number of hydrogen-bond acceptors (Lipinski definition) is 5. The summed E-state index contributed by atoms with van der Waals surface area (Å²) in [5, 5.41) is 1.26. The average Bonchev–Trinajstić information content (AvgIpc) is 2.70. The van der Waals surface area contributed by atoms with Crippen molar-refractivity contribution in [2.75, 3.05) is 71.1 Å². The molecular formula is C25H38N5S+. The van der Waals surface area contributed by atoms with Crippen LogP contribution in [0.25, 0.3) is 20.8 Å². The highest BCUT2D eigenvalue weighted by Crippen LogP contribution is 2.44. The molecule has 0 spiro atoms. The fourth-order valence-corrected chi connectivity index (χ4v) is 5.51. The Labute approximate surface area is 191 Å². The summed E-state index contributed by atoms with van der Waals surface area (Å²) in [7, 11) is 17.1. The molecule has 0 saturated heterocycles. The summed E-state index contributed by atoms with van der Waals surface area (Å²) in [4.78, 5) is 13.2. The summed E-state index contributed by atoms with van der Waals surface area (Å²) >= 11 is 1.85. The highest BCUT2D eigenvalue weighted by atomic mass is 32.1. The Hall–Kier alpha value is -2.34. The summed E-state index contributed by atoms with van der Waals surface area (Å²) in [5.74, 6) is 0. The highest BCUT2D eigenvalue weighted by molar-refractivity contribution is 7.22. The zero-order valence-corrected chi connectivity index (χ0v) is 21.5. The van der Waals surface area contributed by atoms with Gasteiger partial charge >= 0.3 is 0 Å². The van der Waals surface area contributed by atoms with Gasteiger partial charge in [-0.2, -0.15) is 0 Å². The van der Waals surface area contributed by atoms with Crippen molar-refractivity contribution in [3.63, 3.8) is 0 Å². The van der Waals surface area contributed by atoms with E-state index in [1.165, 1.54) is 56.8 Å². The van der Waals surface area contributed by atoms with Crippen LogP contribution in [0.3, 0.4) is 0 Å². The lowest BCUT2D eigenvalue weighted by molar-refractivity contribution is 0.702. The molecule has 0 atom stereocenters. The lowest BCUT2D eigenvalue weighted by Gasteiger charge is -2.28. The van der Waals surface area contributed by atoms with Gasteiger partial charge in [0.15, 0.2) is 5.69 Å². The maximum atomic E-state index is 5.24. The molecule has 0 radical (unpaired) electrons. The van der Waals surface area contributed by atoms with Crippen LogP contribution in [0.5, 0.6) is 0 Å². The Morgan fingerprint density at radius 3 is 2.13 bits per heavy atom. The van der Waals surface area contributed by atoms with Crippen LogP contribution in [-0.2, 0) is 6.42 Å². The lowest BCUT2D eigenvalue weighted by Crippen LogP contribution is -2.33. The van der Waals surface area contributed by atoms with Crippen LogP contribution < -0.4 is 24.6 Å². The van der Waals surface area contributed by atoms with Gasteiger partial charge in [0.05, 0.1) is 32.0 Å². The summed E-state index contributed by atoms with van der Waals surface area (Å²) < 4.78 is 3.48. The van der Waals surface area contributed by atoms with Crippen LogP contribution in [0.15, 0.2) is 18.2 Å². The topological polar surface area (TPSA) is 25.6 Å². The number of hydrogen-bond donors (Lipinski definition) is 0. The summed E-state index contributed by atoms with van der Waals surface area (Å²) in [5.41, 5.74) is 7.37. The van der Waals surface area contributed by atoms with Gasteiger partial charge in [-0.05, 0) is 31.0 Å². The first-order chi connectivity index (χ1) is 14.7. The number of unbranched alkanes of at least 4 members (excludes halogenated alkanes) is 2. The van der Waals surface area contributed by atoms with Crippen molar-refractivity contribution >= 4 is 38.6 Å². The van der Waals surface area contributed by atoms with Crippen molar-refractivity contribution < 1.29 is 0 Å². The molecule has 1 aromatic rings. The van der Waals surface area contributed by atoms with Gasteiger partial charge in [0, 0.05) is 48.0 Å². The third kappa shape index (κ3) is 4.49. The van der Waals surface area contributed by atoms with Crippen LogP contribution in [0, 0.1) is 0 Å². The van der Waals surface area contributed by atoms with E-state index in [-0.39, 0.29) is 0 Å². The lowest BCUT2D eigenvalue weighted by atomic mass is 9.98. The van der Waals surface area contributed by atoms with E-state index in [9.17, 15) is 0 Å². The minimum Gasteiger partial charge on any atom is -0.378 e. The maximum Gasteiger partial charge on any atom is 0.232 e. The molecule has 0 saturated carbocycles. The number of nitrogens with zero attached hydrogens (tertiary/aromatic N) is 5. The molecule has 6 heteroatoms. The standard InChI is InChI=1S/C25H38N5S/c1-10-11-12-13-18-22(28(4)5)21-25(24(30(8)9)23(18)29(6)7)31-20-16-17(27(2)3)14-15-19(20)26-21/h14-16H,10-13H2,1-9H3/q+1. The van der Waals surface area contributed by atoms with E-state index in [1.807, 2.05) is 11.3 Å². The Kier molecular flexibility index (Phi) is 7.10. The summed E-state index contributed by atoms with van der Waals surface area (Å²) in [6.07, 6.45) is 4.73. The number of aromatic nitrogens is 1. The Balaban J connectivity index is 2.51. The van der Waals surface area contributed by atoms with Crippen LogP contribution >= 0.6 is 11.3 Å². The zero-order chi connectivity index (χ0) is 22.9. The number of rotatable bonds is 7. The predicted molar refractivity (Wildman–Crippen MR) is 140 cm³/mol. The minimum absolute atomic E-state index is 1.06. The molecule has 5 nitrogen and oxygen atoms in total. The van der Waals surface area contributed by atoms with Crippen LogP contribution in [0.2, 0.25) is 0 Å². The third-order valence-electron chi connectivity index (χ3n) is 5.73. The van der Waals surface area contributed by atoms with E-state index >= 15 is 0 Å². The van der Waals surface area contributed by atoms with Gasteiger partial charge in [-0.1, -0.05) is 19.8 Å². The second-order valence-corrected chi connectivity index (χ2v) is 10.2. The molecule has 31 heavy (non-hydrogen) atoms. The normalized spacial score (nSPS) is 11.3. The van der Waals surface area contributed by atoms with E-state index in [2.05, 4.69) is 101 Å². The molecular weight excluding hydrogens is 402 g/mol. The monoisotopic (exact) mass is 440 g/mol. The van der Waals surface area contributed by atoms with Gasteiger partial charge in [0.2, 0.25) is 5.36 Å². The average molecular weight is 441 g/mol. The van der Waals surface area contributed by atoms with Gasteiger partial charge in [0.1, 0.15) is 14.1 Å². The molecule has 0 amide bonds. The SMILES string of the molecule is CCCCCc1c(N(C)C)c(N(C)C)c2sc3cc(N(C)C)ccc3nc-2c1=[N+](C)C. The van der Waals surface area contributed by atoms with E-state index in [0.717, 1.165) is 17.6 Å². The first-order valence-electron chi connectivity index (χ1n) is 11.1. The van der Waals surface area contributed by atoms with Crippen molar-refractivity contribution in [3.8, 4) is 10.6 Å². The van der Waals surface area contributed by atoms with E-state index in [4.69, 9.17) is 4.98 Å². The van der Waals surface area contributed by atoms with Gasteiger partial charge in [-0.25, -0.2) is 9.56 Å². The molecule has 0 fully saturated rings. The molecule has 0 unspecified atom stereocenters. The van der Waals surface area contributed by atoms with Crippen molar-refractivity contribution in [3.05, 3.63) is 29.1 Å². The quantitative estimate of drug-likeness (QED) is 0.310. The molecule has 0 bridgehead atoms. The number of fused-ring (bicyclic) bond motifs is 2. The van der Waals surface area contributed by atoms with E-state index in [1.54, 1.807) is 0 Å². The van der Waals surface area contributed by atoms with E-state index < -0.39 is 0 Å². The van der Waals surface area contributed by atoms with Crippen molar-refractivity contribution in [2.45, 2.75) is 32.6 Å². The summed E-state index contributed by atoms with van der Waals surface area (Å²) in [6, 6.07) is 6.57. The molecule has 2 aliphatic rings. The van der Waals surface area contributed by atoms with Crippen LogP contribution in [0.4, 0.5) is 17.1 Å². The van der Waals surface area contributed by atoms with Crippen molar-refractivity contribution in [2.24, 2.45) is 0 Å². The van der Waals surface area contributed by atoms with Crippen LogP contribution in [-0.4, -0.2) is 61.4 Å². The molecule has 0 N–H and O–H groups in total. The molecule has 0 aromatic heterocycles. The van der Waals surface area contributed by atoms with Crippen molar-refractivity contribution in [1.29, 1.82) is 0 Å². The molecule has 1 aliphatic heterocycles. The van der Waals surface area contributed by atoms with E-state index in [0.29, 0.717) is 0 Å². The van der Waals surface area contributed by atoms with Gasteiger partial charge in [-0.15, -0.1) is 11.3 Å². The molecule has 3 rings (SSSR count). The van der Waals surface area contributed by atoms with Gasteiger partial charge < -0.3 is 14.7 Å². The number of benzene rings is 2. The van der Waals surface area contributed by atoms with Gasteiger partial charge in [0.25, 0.3) is 0 Å². The minimum atomic E-state index is 1.06. The fourth-order valence-electron chi connectivity index (χ4n) is 4.28. The second kappa shape index (κ2) is 9.43. The molecule has 1 aromatic carbocycles. The highest BCUT2D eigenvalue weighted by Gasteiger charge is 2.29. The first kappa shape index (κ1) is 23.3. The smallest absolute Gasteiger partial charge is 0.232 e. The maximum absolute atomic E-state index is 5.24. The summed E-state index contributed by atoms with van der Waals surface area (Å²) in [6.45, 7) is 2.27. The Bertz CT molecular complexity index is 1110. The number of anilines is 3. The fraction of sp³-hybridized carbons (Fsp3) is 0.520. The molecule has 1 aliphatic carbocycles. The zero-order valence-electron chi connectivity index (χ0n) is 20.7. The third-order valence-corrected chi connectivity index (χ3v) is 6.86. The Morgan fingerprint density at radius 1 is 0.903 bits per heavy atom.